The van der Waals surface area contributed by atoms with E-state index in [1.165, 1.54) is 23.5 Å². The molecular weight excluding hydrogens is 364 g/mol. The maximum atomic E-state index is 12.1. The molecule has 1 amide bonds. The van der Waals surface area contributed by atoms with E-state index in [1.807, 2.05) is 29.6 Å². The van der Waals surface area contributed by atoms with Crippen LogP contribution < -0.4 is 10.1 Å². The number of rotatable bonds is 7. The van der Waals surface area contributed by atoms with Crippen LogP contribution in [-0.2, 0) is 17.8 Å². The summed E-state index contributed by atoms with van der Waals surface area (Å²) in [6.45, 7) is 0.353. The van der Waals surface area contributed by atoms with Crippen LogP contribution in [0, 0.1) is 0 Å². The molecule has 3 aromatic rings. The number of aryl methyl sites for hydroxylation is 1. The maximum Gasteiger partial charge on any atom is 0.220 e. The first-order valence-corrected chi connectivity index (χ1v) is 9.29. The molecular formula is C20H20N2O4S. The minimum absolute atomic E-state index is 0.0446. The van der Waals surface area contributed by atoms with Crippen molar-refractivity contribution in [2.45, 2.75) is 19.4 Å². The molecule has 140 valence electrons. The standard InChI is InChI=1S/C20H20N2O4S/c1-26-15-4-2-3-13(9-15)5-8-19(25)21-11-20-22-16(12-27-20)14-6-7-17(23)18(24)10-14/h2-4,6-7,9-10,12,23-24H,5,8,11H2,1H3,(H,21,25). The summed E-state index contributed by atoms with van der Waals surface area (Å²) in [5, 5.41) is 24.5. The second-order valence-corrected chi connectivity index (χ2v) is 6.90. The lowest BCUT2D eigenvalue weighted by atomic mass is 10.1. The van der Waals surface area contributed by atoms with Crippen molar-refractivity contribution in [1.82, 2.24) is 10.3 Å². The fourth-order valence-corrected chi connectivity index (χ4v) is 3.30. The van der Waals surface area contributed by atoms with Crippen LogP contribution in [0.3, 0.4) is 0 Å². The number of nitrogens with one attached hydrogen (secondary N) is 1. The zero-order valence-electron chi connectivity index (χ0n) is 14.8. The van der Waals surface area contributed by atoms with Gasteiger partial charge in [-0.1, -0.05) is 12.1 Å². The van der Waals surface area contributed by atoms with Gasteiger partial charge in [0.15, 0.2) is 11.5 Å². The number of thiazole rings is 1. The van der Waals surface area contributed by atoms with E-state index < -0.39 is 0 Å². The molecule has 0 atom stereocenters. The van der Waals surface area contributed by atoms with Gasteiger partial charge in [0.05, 0.1) is 19.3 Å². The second kappa shape index (κ2) is 8.55. The third-order valence-corrected chi connectivity index (χ3v) is 4.88. The molecule has 0 saturated carbocycles. The summed E-state index contributed by atoms with van der Waals surface area (Å²) in [7, 11) is 1.62. The molecule has 3 rings (SSSR count). The van der Waals surface area contributed by atoms with E-state index in [0.29, 0.717) is 30.6 Å². The van der Waals surface area contributed by atoms with E-state index in [1.54, 1.807) is 13.2 Å². The van der Waals surface area contributed by atoms with Crippen molar-refractivity contribution in [2.75, 3.05) is 7.11 Å². The van der Waals surface area contributed by atoms with Crippen molar-refractivity contribution in [3.63, 3.8) is 0 Å². The third kappa shape index (κ3) is 4.98. The van der Waals surface area contributed by atoms with Gasteiger partial charge in [-0.05, 0) is 42.3 Å². The van der Waals surface area contributed by atoms with E-state index in [-0.39, 0.29) is 17.4 Å². The maximum absolute atomic E-state index is 12.1. The number of aromatic hydroxyl groups is 2. The topological polar surface area (TPSA) is 91.7 Å². The first-order chi connectivity index (χ1) is 13.0. The summed E-state index contributed by atoms with van der Waals surface area (Å²) >= 11 is 1.43. The van der Waals surface area contributed by atoms with Crippen LogP contribution in [-0.4, -0.2) is 28.2 Å². The largest absolute Gasteiger partial charge is 0.504 e. The lowest BCUT2D eigenvalue weighted by Gasteiger charge is -2.05. The molecule has 3 N–H and O–H groups in total. The SMILES string of the molecule is COc1cccc(CCC(=O)NCc2nc(-c3ccc(O)c(O)c3)cs2)c1. The molecule has 0 saturated heterocycles. The number of hydrogen-bond acceptors (Lipinski definition) is 6. The molecule has 0 aliphatic heterocycles. The highest BCUT2D eigenvalue weighted by atomic mass is 32.1. The molecule has 6 nitrogen and oxygen atoms in total. The summed E-state index contributed by atoms with van der Waals surface area (Å²) in [6.07, 6.45) is 1.02. The first-order valence-electron chi connectivity index (χ1n) is 8.41. The fourth-order valence-electron chi connectivity index (χ4n) is 2.56. The normalized spacial score (nSPS) is 10.6. The van der Waals surface area contributed by atoms with Crippen molar-refractivity contribution in [2.24, 2.45) is 0 Å². The van der Waals surface area contributed by atoms with Crippen LogP contribution in [0.2, 0.25) is 0 Å². The number of carbonyl (C=O) groups excluding carboxylic acids is 1. The molecule has 0 spiro atoms. The monoisotopic (exact) mass is 384 g/mol. The van der Waals surface area contributed by atoms with E-state index in [2.05, 4.69) is 10.3 Å². The van der Waals surface area contributed by atoms with Gasteiger partial charge < -0.3 is 20.3 Å². The molecule has 27 heavy (non-hydrogen) atoms. The minimum atomic E-state index is -0.187. The van der Waals surface area contributed by atoms with Gasteiger partial charge >= 0.3 is 0 Å². The molecule has 0 aliphatic carbocycles. The van der Waals surface area contributed by atoms with Gasteiger partial charge in [-0.15, -0.1) is 11.3 Å². The van der Waals surface area contributed by atoms with Crippen molar-refractivity contribution in [1.29, 1.82) is 0 Å². The number of hydrogen-bond donors (Lipinski definition) is 3. The van der Waals surface area contributed by atoms with Crippen LogP contribution in [0.4, 0.5) is 0 Å². The Balaban J connectivity index is 1.52. The molecule has 1 aromatic heterocycles. The van der Waals surface area contributed by atoms with E-state index in [9.17, 15) is 15.0 Å². The molecule has 1 heterocycles. The Labute approximate surface area is 161 Å². The average Bonchev–Trinajstić information content (AvgIpc) is 3.16. The van der Waals surface area contributed by atoms with Crippen LogP contribution in [0.15, 0.2) is 47.8 Å². The summed E-state index contributed by atoms with van der Waals surface area (Å²) in [6, 6.07) is 12.2. The molecule has 0 fully saturated rings. The predicted molar refractivity (Wildman–Crippen MR) is 104 cm³/mol. The number of aromatic nitrogens is 1. The number of carbonyl (C=O) groups is 1. The van der Waals surface area contributed by atoms with E-state index >= 15 is 0 Å². The molecule has 0 bridgehead atoms. The lowest BCUT2D eigenvalue weighted by molar-refractivity contribution is -0.121. The highest BCUT2D eigenvalue weighted by Crippen LogP contribution is 2.31. The number of methoxy groups -OCH3 is 1. The van der Waals surface area contributed by atoms with Crippen molar-refractivity contribution >= 4 is 17.2 Å². The number of benzene rings is 2. The highest BCUT2D eigenvalue weighted by molar-refractivity contribution is 7.09. The molecule has 0 aliphatic rings. The van der Waals surface area contributed by atoms with Crippen LogP contribution >= 0.6 is 11.3 Å². The minimum Gasteiger partial charge on any atom is -0.504 e. The summed E-state index contributed by atoms with van der Waals surface area (Å²) in [5.41, 5.74) is 2.45. The average molecular weight is 384 g/mol. The van der Waals surface area contributed by atoms with Gasteiger partial charge in [0.1, 0.15) is 10.8 Å². The van der Waals surface area contributed by atoms with Gasteiger partial charge in [-0.2, -0.15) is 0 Å². The van der Waals surface area contributed by atoms with Crippen LogP contribution in [0.25, 0.3) is 11.3 Å². The number of nitrogens with zero attached hydrogens (tertiary/aromatic N) is 1. The number of amides is 1. The van der Waals surface area contributed by atoms with Crippen LogP contribution in [0.5, 0.6) is 17.2 Å². The molecule has 2 aromatic carbocycles. The Kier molecular flexibility index (Phi) is 5.93. The zero-order valence-corrected chi connectivity index (χ0v) is 15.6. The van der Waals surface area contributed by atoms with E-state index in [0.717, 1.165) is 16.3 Å². The Morgan fingerprint density at radius 2 is 2.04 bits per heavy atom. The van der Waals surface area contributed by atoms with Gasteiger partial charge in [0, 0.05) is 17.4 Å². The number of ether oxygens (including phenoxy) is 1. The lowest BCUT2D eigenvalue weighted by Crippen LogP contribution is -2.22. The van der Waals surface area contributed by atoms with Crippen molar-refractivity contribution in [3.05, 3.63) is 58.4 Å². The van der Waals surface area contributed by atoms with Gasteiger partial charge in [0.25, 0.3) is 0 Å². The fraction of sp³-hybridized carbons (Fsp3) is 0.200. The Morgan fingerprint density at radius 3 is 2.81 bits per heavy atom. The van der Waals surface area contributed by atoms with Crippen molar-refractivity contribution in [3.8, 4) is 28.5 Å². The first kappa shape index (κ1) is 18.7. The van der Waals surface area contributed by atoms with Gasteiger partial charge in [0.2, 0.25) is 5.91 Å². The zero-order chi connectivity index (χ0) is 19.2. The molecule has 0 radical (unpaired) electrons. The Bertz CT molecular complexity index is 939. The summed E-state index contributed by atoms with van der Waals surface area (Å²) in [4.78, 5) is 16.5. The highest BCUT2D eigenvalue weighted by Gasteiger charge is 2.09. The number of phenols is 2. The number of phenolic OH excluding ortho intramolecular Hbond substituents is 2. The summed E-state index contributed by atoms with van der Waals surface area (Å²) < 4.78 is 5.18. The quantitative estimate of drug-likeness (QED) is 0.543. The molecule has 0 unspecified atom stereocenters. The van der Waals surface area contributed by atoms with Crippen molar-refractivity contribution < 1.29 is 19.7 Å². The smallest absolute Gasteiger partial charge is 0.220 e. The summed E-state index contributed by atoms with van der Waals surface area (Å²) in [5.74, 6) is 0.380. The predicted octanol–water partition coefficient (Wildman–Crippen LogP) is 3.48. The van der Waals surface area contributed by atoms with E-state index in [4.69, 9.17) is 4.74 Å². The van der Waals surface area contributed by atoms with Crippen LogP contribution in [0.1, 0.15) is 17.0 Å². The van der Waals surface area contributed by atoms with Gasteiger partial charge in [-0.25, -0.2) is 4.98 Å². The third-order valence-electron chi connectivity index (χ3n) is 4.03. The Hall–Kier alpha value is -3.06. The second-order valence-electron chi connectivity index (χ2n) is 5.96. The Morgan fingerprint density at radius 1 is 1.19 bits per heavy atom. The van der Waals surface area contributed by atoms with Gasteiger partial charge in [-0.3, -0.25) is 4.79 Å². The molecule has 7 heteroatoms.